The van der Waals surface area contributed by atoms with Crippen LogP contribution in [0.2, 0.25) is 0 Å². The Morgan fingerprint density at radius 2 is 1.68 bits per heavy atom. The Balaban J connectivity index is 2.46. The van der Waals surface area contributed by atoms with Crippen LogP contribution in [0.5, 0.6) is 0 Å². The van der Waals surface area contributed by atoms with E-state index in [4.69, 9.17) is 0 Å². The molecule has 19 heavy (non-hydrogen) atoms. The third-order valence-corrected chi connectivity index (χ3v) is 3.73. The third-order valence-electron chi connectivity index (χ3n) is 3.73. The van der Waals surface area contributed by atoms with Crippen LogP contribution >= 0.6 is 0 Å². The zero-order valence-electron chi connectivity index (χ0n) is 13.0. The number of nitrogens with one attached hydrogen (secondary N) is 1. The standard InChI is InChI=1S/C17H29NO/c1-13(2)15(12-19)11-18-10-14-6-8-16(9-7-14)17(3,4)5/h6-9,13,15,18-19H,10-12H2,1-5H3. The highest BCUT2D eigenvalue weighted by molar-refractivity contribution is 5.27. The monoisotopic (exact) mass is 263 g/mol. The van der Waals surface area contributed by atoms with Gasteiger partial charge in [-0.15, -0.1) is 0 Å². The second-order valence-corrected chi connectivity index (χ2v) is 6.76. The molecule has 2 heteroatoms. The van der Waals surface area contributed by atoms with Gasteiger partial charge in [-0.2, -0.15) is 0 Å². The maximum atomic E-state index is 9.28. The summed E-state index contributed by atoms with van der Waals surface area (Å²) in [7, 11) is 0. The van der Waals surface area contributed by atoms with Gasteiger partial charge in [0.1, 0.15) is 0 Å². The number of rotatable bonds is 6. The van der Waals surface area contributed by atoms with E-state index in [9.17, 15) is 5.11 Å². The van der Waals surface area contributed by atoms with Crippen molar-refractivity contribution in [1.82, 2.24) is 5.32 Å². The molecular weight excluding hydrogens is 234 g/mol. The molecule has 1 unspecified atom stereocenters. The Kier molecular flexibility index (Phi) is 6.02. The molecule has 0 fully saturated rings. The Bertz CT molecular complexity index is 362. The van der Waals surface area contributed by atoms with E-state index in [1.165, 1.54) is 11.1 Å². The van der Waals surface area contributed by atoms with Gasteiger partial charge in [0, 0.05) is 19.7 Å². The van der Waals surface area contributed by atoms with Gasteiger partial charge in [-0.3, -0.25) is 0 Å². The van der Waals surface area contributed by atoms with Gasteiger partial charge in [-0.1, -0.05) is 58.9 Å². The van der Waals surface area contributed by atoms with Crippen LogP contribution < -0.4 is 5.32 Å². The van der Waals surface area contributed by atoms with Crippen LogP contribution in [0, 0.1) is 11.8 Å². The molecule has 0 aliphatic rings. The van der Waals surface area contributed by atoms with Crippen molar-refractivity contribution >= 4 is 0 Å². The molecule has 1 atom stereocenters. The summed E-state index contributed by atoms with van der Waals surface area (Å²) in [6, 6.07) is 8.81. The lowest BCUT2D eigenvalue weighted by molar-refractivity contribution is 0.186. The Hall–Kier alpha value is -0.860. The van der Waals surface area contributed by atoms with Gasteiger partial charge in [0.25, 0.3) is 0 Å². The number of benzene rings is 1. The van der Waals surface area contributed by atoms with Gasteiger partial charge in [-0.25, -0.2) is 0 Å². The second-order valence-electron chi connectivity index (χ2n) is 6.76. The highest BCUT2D eigenvalue weighted by atomic mass is 16.3. The van der Waals surface area contributed by atoms with Crippen LogP contribution in [0.25, 0.3) is 0 Å². The van der Waals surface area contributed by atoms with Crippen LogP contribution in [0.4, 0.5) is 0 Å². The van der Waals surface area contributed by atoms with Gasteiger partial charge in [0.05, 0.1) is 0 Å². The average Bonchev–Trinajstić information content (AvgIpc) is 2.33. The predicted octanol–water partition coefficient (Wildman–Crippen LogP) is 3.34. The van der Waals surface area contributed by atoms with Crippen molar-refractivity contribution < 1.29 is 5.11 Å². The van der Waals surface area contributed by atoms with Crippen molar-refractivity contribution in [1.29, 1.82) is 0 Å². The third kappa shape index (κ3) is 5.33. The molecule has 0 aliphatic carbocycles. The van der Waals surface area contributed by atoms with Crippen LogP contribution in [0.1, 0.15) is 45.7 Å². The van der Waals surface area contributed by atoms with Gasteiger partial charge < -0.3 is 10.4 Å². The van der Waals surface area contributed by atoms with E-state index in [0.29, 0.717) is 11.8 Å². The highest BCUT2D eigenvalue weighted by Crippen LogP contribution is 2.22. The second kappa shape index (κ2) is 7.06. The molecule has 1 rings (SSSR count). The van der Waals surface area contributed by atoms with Crippen LogP contribution in [0.15, 0.2) is 24.3 Å². The maximum absolute atomic E-state index is 9.28. The molecule has 0 heterocycles. The summed E-state index contributed by atoms with van der Waals surface area (Å²) < 4.78 is 0. The summed E-state index contributed by atoms with van der Waals surface area (Å²) in [5.41, 5.74) is 2.88. The average molecular weight is 263 g/mol. The SMILES string of the molecule is CC(C)C(CO)CNCc1ccc(C(C)(C)C)cc1. The molecular formula is C17H29NO. The van der Waals surface area contributed by atoms with Gasteiger partial charge in [-0.05, 0) is 28.4 Å². The normalized spacial score (nSPS) is 13.8. The molecule has 108 valence electrons. The van der Waals surface area contributed by atoms with Crippen LogP contribution in [0.3, 0.4) is 0 Å². The predicted molar refractivity (Wildman–Crippen MR) is 82.3 cm³/mol. The van der Waals surface area contributed by atoms with Crippen LogP contribution in [-0.2, 0) is 12.0 Å². The molecule has 0 bridgehead atoms. The number of aliphatic hydroxyl groups is 1. The van der Waals surface area contributed by atoms with E-state index >= 15 is 0 Å². The first-order valence-corrected chi connectivity index (χ1v) is 7.25. The summed E-state index contributed by atoms with van der Waals surface area (Å²) in [4.78, 5) is 0. The molecule has 2 nitrogen and oxygen atoms in total. The van der Waals surface area contributed by atoms with Crippen molar-refractivity contribution in [2.75, 3.05) is 13.2 Å². The van der Waals surface area contributed by atoms with Gasteiger partial charge in [0.2, 0.25) is 0 Å². The van der Waals surface area contributed by atoms with Crippen molar-refractivity contribution in [3.63, 3.8) is 0 Å². The molecule has 0 aromatic heterocycles. The number of hydrogen-bond acceptors (Lipinski definition) is 2. The van der Waals surface area contributed by atoms with E-state index in [-0.39, 0.29) is 12.0 Å². The zero-order valence-corrected chi connectivity index (χ0v) is 13.0. The quantitative estimate of drug-likeness (QED) is 0.825. The van der Waals surface area contributed by atoms with Crippen molar-refractivity contribution in [3.05, 3.63) is 35.4 Å². The molecule has 0 saturated heterocycles. The first-order valence-electron chi connectivity index (χ1n) is 7.25. The maximum Gasteiger partial charge on any atom is 0.0473 e. The topological polar surface area (TPSA) is 32.3 Å². The molecule has 1 aromatic carbocycles. The minimum atomic E-state index is 0.214. The Labute approximate surface area is 118 Å². The number of aliphatic hydroxyl groups excluding tert-OH is 1. The molecule has 0 saturated carbocycles. The van der Waals surface area contributed by atoms with Crippen molar-refractivity contribution in [2.24, 2.45) is 11.8 Å². The minimum absolute atomic E-state index is 0.214. The first-order chi connectivity index (χ1) is 8.84. The van der Waals surface area contributed by atoms with E-state index in [1.807, 2.05) is 0 Å². The van der Waals surface area contributed by atoms with E-state index in [0.717, 1.165) is 13.1 Å². The summed E-state index contributed by atoms with van der Waals surface area (Å²) in [6.45, 7) is 13.0. The molecule has 0 spiro atoms. The first kappa shape index (κ1) is 16.2. The molecule has 0 amide bonds. The fourth-order valence-corrected chi connectivity index (χ4v) is 2.04. The highest BCUT2D eigenvalue weighted by Gasteiger charge is 2.13. The van der Waals surface area contributed by atoms with E-state index in [2.05, 4.69) is 64.2 Å². The summed E-state index contributed by atoms with van der Waals surface area (Å²) in [6.07, 6.45) is 0. The smallest absolute Gasteiger partial charge is 0.0473 e. The molecule has 0 radical (unpaired) electrons. The molecule has 0 aliphatic heterocycles. The largest absolute Gasteiger partial charge is 0.396 e. The minimum Gasteiger partial charge on any atom is -0.396 e. The lowest BCUT2D eigenvalue weighted by atomic mass is 9.87. The summed E-state index contributed by atoms with van der Waals surface area (Å²) in [5.74, 6) is 0.856. The number of hydrogen-bond donors (Lipinski definition) is 2. The summed E-state index contributed by atoms with van der Waals surface area (Å²) in [5, 5.41) is 12.7. The van der Waals surface area contributed by atoms with Crippen LogP contribution in [-0.4, -0.2) is 18.3 Å². The molecule has 1 aromatic rings. The lowest BCUT2D eigenvalue weighted by Gasteiger charge is -2.20. The zero-order chi connectivity index (χ0) is 14.5. The van der Waals surface area contributed by atoms with Crippen molar-refractivity contribution in [2.45, 2.75) is 46.6 Å². The molecule has 2 N–H and O–H groups in total. The Morgan fingerprint density at radius 3 is 2.11 bits per heavy atom. The van der Waals surface area contributed by atoms with E-state index < -0.39 is 0 Å². The fourth-order valence-electron chi connectivity index (χ4n) is 2.04. The lowest BCUT2D eigenvalue weighted by Crippen LogP contribution is -2.28. The fraction of sp³-hybridized carbons (Fsp3) is 0.647. The van der Waals surface area contributed by atoms with E-state index in [1.54, 1.807) is 0 Å². The van der Waals surface area contributed by atoms with Gasteiger partial charge in [0.15, 0.2) is 0 Å². The van der Waals surface area contributed by atoms with Crippen molar-refractivity contribution in [3.8, 4) is 0 Å². The summed E-state index contributed by atoms with van der Waals surface area (Å²) >= 11 is 0. The van der Waals surface area contributed by atoms with Gasteiger partial charge >= 0.3 is 0 Å². The Morgan fingerprint density at radius 1 is 1.11 bits per heavy atom.